The van der Waals surface area contributed by atoms with Crippen molar-refractivity contribution in [3.05, 3.63) is 82.9 Å². The summed E-state index contributed by atoms with van der Waals surface area (Å²) in [4.78, 5) is 13.2. The first kappa shape index (κ1) is 25.7. The minimum Gasteiger partial charge on any atom is -0.457 e. The third-order valence-electron chi connectivity index (χ3n) is 6.37. The molecule has 0 atom stereocenters. The lowest BCUT2D eigenvalue weighted by Crippen LogP contribution is -2.40. The molecule has 3 aromatic carbocycles. The number of carbonyl (C=O) groups excluding carboxylic acids is 1. The molecule has 9 N–H and O–H groups in total. The Morgan fingerprint density at radius 3 is 1.95 bits per heavy atom. The van der Waals surface area contributed by atoms with Crippen molar-refractivity contribution in [3.8, 4) is 23.0 Å². The number of ether oxygens (including phenoxy) is 2. The van der Waals surface area contributed by atoms with Gasteiger partial charge in [0.1, 0.15) is 34.7 Å². The fraction of sp³-hybridized carbons (Fsp3) is 0.250. The molecule has 3 aromatic rings. The zero-order valence-electron chi connectivity index (χ0n) is 20.7. The second kappa shape index (κ2) is 11.1. The molecule has 4 rings (SSSR count). The standard InChI is InChI=1S/C28H32N6O3/c1-16-12-22(10-11-25(16)27(32)33)37-24-14-18(28(35)34-20-6-4-19(29)5-7-20)13-23(15-24)36-21-8-2-17(3-9-21)26(30)31/h2-3,8-15,19-20H,4-7,29H2,1H3,(H3,30,31)(H3,32,33)(H,34,35). The van der Waals surface area contributed by atoms with E-state index in [1.54, 1.807) is 60.7 Å². The van der Waals surface area contributed by atoms with E-state index in [9.17, 15) is 4.79 Å². The average Bonchev–Trinajstić information content (AvgIpc) is 2.85. The number of nitrogens with two attached hydrogens (primary N) is 3. The van der Waals surface area contributed by atoms with Crippen molar-refractivity contribution < 1.29 is 14.3 Å². The van der Waals surface area contributed by atoms with E-state index in [1.165, 1.54) is 0 Å². The maximum atomic E-state index is 13.2. The number of aryl methyl sites for hydroxylation is 1. The number of benzene rings is 3. The molecule has 1 amide bonds. The zero-order valence-corrected chi connectivity index (χ0v) is 20.7. The Hall–Kier alpha value is -4.37. The molecule has 1 aliphatic carbocycles. The molecule has 9 heteroatoms. The van der Waals surface area contributed by atoms with Gasteiger partial charge in [-0.2, -0.15) is 0 Å². The molecule has 0 aromatic heterocycles. The van der Waals surface area contributed by atoms with Gasteiger partial charge in [0.2, 0.25) is 0 Å². The summed E-state index contributed by atoms with van der Waals surface area (Å²) in [6, 6.07) is 17.3. The summed E-state index contributed by atoms with van der Waals surface area (Å²) in [7, 11) is 0. The van der Waals surface area contributed by atoms with Gasteiger partial charge in [-0.15, -0.1) is 0 Å². The van der Waals surface area contributed by atoms with Gasteiger partial charge in [-0.25, -0.2) is 0 Å². The molecule has 37 heavy (non-hydrogen) atoms. The van der Waals surface area contributed by atoms with Crippen LogP contribution in [-0.4, -0.2) is 29.7 Å². The highest BCUT2D eigenvalue weighted by Crippen LogP contribution is 2.31. The molecule has 9 nitrogen and oxygen atoms in total. The maximum Gasteiger partial charge on any atom is 0.251 e. The van der Waals surface area contributed by atoms with E-state index in [1.807, 2.05) is 6.92 Å². The second-order valence-corrected chi connectivity index (χ2v) is 9.31. The number of hydrogen-bond acceptors (Lipinski definition) is 6. The zero-order chi connectivity index (χ0) is 26.5. The number of nitrogen functional groups attached to an aromatic ring is 2. The molecule has 0 heterocycles. The van der Waals surface area contributed by atoms with E-state index >= 15 is 0 Å². The van der Waals surface area contributed by atoms with Crippen LogP contribution < -0.4 is 32.0 Å². The minimum atomic E-state index is -0.217. The predicted octanol–water partition coefficient (Wildman–Crippen LogP) is 4.15. The normalized spacial score (nSPS) is 17.0. The first-order chi connectivity index (χ1) is 17.7. The van der Waals surface area contributed by atoms with Crippen LogP contribution in [-0.2, 0) is 0 Å². The van der Waals surface area contributed by atoms with E-state index in [0.29, 0.717) is 39.7 Å². The van der Waals surface area contributed by atoms with Gasteiger partial charge in [-0.1, -0.05) is 0 Å². The molecule has 0 spiro atoms. The topological polar surface area (TPSA) is 173 Å². The van der Waals surface area contributed by atoms with Crippen molar-refractivity contribution in [2.24, 2.45) is 17.2 Å². The van der Waals surface area contributed by atoms with E-state index in [0.717, 1.165) is 31.2 Å². The van der Waals surface area contributed by atoms with Crippen LogP contribution in [0.25, 0.3) is 0 Å². The number of amidine groups is 2. The number of rotatable bonds is 8. The van der Waals surface area contributed by atoms with Crippen LogP contribution in [0.5, 0.6) is 23.0 Å². The Balaban J connectivity index is 1.60. The van der Waals surface area contributed by atoms with Crippen LogP contribution in [0.3, 0.4) is 0 Å². The van der Waals surface area contributed by atoms with Crippen LogP contribution in [0.4, 0.5) is 0 Å². The Morgan fingerprint density at radius 1 is 0.784 bits per heavy atom. The quantitative estimate of drug-likeness (QED) is 0.200. The van der Waals surface area contributed by atoms with Crippen LogP contribution in [0.2, 0.25) is 0 Å². The molecule has 0 unspecified atom stereocenters. The van der Waals surface area contributed by atoms with Gasteiger partial charge in [-0.05, 0) is 92.8 Å². The molecule has 0 radical (unpaired) electrons. The van der Waals surface area contributed by atoms with E-state index in [2.05, 4.69) is 5.32 Å². The first-order valence-electron chi connectivity index (χ1n) is 12.1. The summed E-state index contributed by atoms with van der Waals surface area (Å²) in [5.41, 5.74) is 19.6. The van der Waals surface area contributed by atoms with Crippen molar-refractivity contribution in [1.82, 2.24) is 5.32 Å². The van der Waals surface area contributed by atoms with Crippen molar-refractivity contribution >= 4 is 17.6 Å². The van der Waals surface area contributed by atoms with Crippen LogP contribution in [0, 0.1) is 17.7 Å². The fourth-order valence-electron chi connectivity index (χ4n) is 4.33. The van der Waals surface area contributed by atoms with Crippen LogP contribution in [0.15, 0.2) is 60.7 Å². The fourth-order valence-corrected chi connectivity index (χ4v) is 4.33. The summed E-state index contributed by atoms with van der Waals surface area (Å²) in [5, 5.41) is 18.3. The highest BCUT2D eigenvalue weighted by atomic mass is 16.5. The summed E-state index contributed by atoms with van der Waals surface area (Å²) in [6.07, 6.45) is 3.45. The lowest BCUT2D eigenvalue weighted by atomic mass is 9.91. The van der Waals surface area contributed by atoms with Gasteiger partial charge in [0.15, 0.2) is 0 Å². The highest BCUT2D eigenvalue weighted by molar-refractivity contribution is 5.97. The lowest BCUT2D eigenvalue weighted by molar-refractivity contribution is 0.0925. The first-order valence-corrected chi connectivity index (χ1v) is 12.1. The monoisotopic (exact) mass is 500 g/mol. The number of hydrogen-bond donors (Lipinski definition) is 6. The van der Waals surface area contributed by atoms with Gasteiger partial charge >= 0.3 is 0 Å². The maximum absolute atomic E-state index is 13.2. The Morgan fingerprint density at radius 2 is 1.38 bits per heavy atom. The largest absolute Gasteiger partial charge is 0.457 e. The number of amides is 1. The Bertz CT molecular complexity index is 1310. The Labute approximate surface area is 216 Å². The Kier molecular flexibility index (Phi) is 7.74. The molecule has 0 saturated heterocycles. The third-order valence-corrected chi connectivity index (χ3v) is 6.37. The van der Waals surface area contributed by atoms with Gasteiger partial charge in [0.05, 0.1) is 0 Å². The van der Waals surface area contributed by atoms with Crippen LogP contribution >= 0.6 is 0 Å². The van der Waals surface area contributed by atoms with Crippen molar-refractivity contribution in [2.45, 2.75) is 44.7 Å². The van der Waals surface area contributed by atoms with E-state index in [-0.39, 0.29) is 29.7 Å². The smallest absolute Gasteiger partial charge is 0.251 e. The van der Waals surface area contributed by atoms with Gasteiger partial charge in [-0.3, -0.25) is 15.6 Å². The lowest BCUT2D eigenvalue weighted by Gasteiger charge is -2.26. The van der Waals surface area contributed by atoms with Gasteiger partial charge in [0, 0.05) is 34.8 Å². The van der Waals surface area contributed by atoms with Crippen molar-refractivity contribution in [2.75, 3.05) is 0 Å². The molecule has 1 fully saturated rings. The number of nitrogens with one attached hydrogen (secondary N) is 3. The SMILES string of the molecule is Cc1cc(Oc2cc(Oc3ccc(C(=N)N)cc3)cc(C(=O)NC3CCC(N)CC3)c2)ccc1C(=N)N. The number of carbonyl (C=O) groups is 1. The molecular weight excluding hydrogens is 468 g/mol. The molecule has 0 aliphatic heterocycles. The molecule has 0 bridgehead atoms. The summed E-state index contributed by atoms with van der Waals surface area (Å²) in [6.45, 7) is 1.85. The minimum absolute atomic E-state index is 0.0159. The van der Waals surface area contributed by atoms with E-state index < -0.39 is 0 Å². The van der Waals surface area contributed by atoms with Crippen molar-refractivity contribution in [3.63, 3.8) is 0 Å². The molecule has 1 saturated carbocycles. The predicted molar refractivity (Wildman–Crippen MR) is 144 cm³/mol. The molecular formula is C28H32N6O3. The van der Waals surface area contributed by atoms with E-state index in [4.69, 9.17) is 37.5 Å². The van der Waals surface area contributed by atoms with Crippen LogP contribution in [0.1, 0.15) is 52.7 Å². The summed E-state index contributed by atoms with van der Waals surface area (Å²) in [5.74, 6) is 1.64. The summed E-state index contributed by atoms with van der Waals surface area (Å²) < 4.78 is 12.1. The second-order valence-electron chi connectivity index (χ2n) is 9.31. The average molecular weight is 501 g/mol. The van der Waals surface area contributed by atoms with Gasteiger partial charge in [0.25, 0.3) is 5.91 Å². The molecule has 192 valence electrons. The molecule has 1 aliphatic rings. The van der Waals surface area contributed by atoms with Gasteiger partial charge < -0.3 is 32.0 Å². The highest BCUT2D eigenvalue weighted by Gasteiger charge is 2.21. The summed E-state index contributed by atoms with van der Waals surface area (Å²) >= 11 is 0. The third kappa shape index (κ3) is 6.65. The van der Waals surface area contributed by atoms with Crippen molar-refractivity contribution in [1.29, 1.82) is 10.8 Å².